The fraction of sp³-hybridized carbons (Fsp3) is 0.949. The lowest BCUT2D eigenvalue weighted by Crippen LogP contribution is -2.29. The molecule has 0 aromatic carbocycles. The summed E-state index contributed by atoms with van der Waals surface area (Å²) in [4.78, 5) is 42.7. The molecule has 0 aromatic rings. The molecule has 0 spiro atoms. The van der Waals surface area contributed by atoms with Gasteiger partial charge in [-0.05, 0) is 12.8 Å². The highest BCUT2D eigenvalue weighted by Crippen LogP contribution is 2.36. The molecule has 0 aliphatic heterocycles. The van der Waals surface area contributed by atoms with E-state index in [0.29, 0.717) is 6.42 Å². The third kappa shape index (κ3) is 37.9. The molecule has 0 fully saturated rings. The van der Waals surface area contributed by atoms with E-state index < -0.39 is 32.5 Å². The summed E-state index contributed by atoms with van der Waals surface area (Å²) in [6.45, 7) is 3.71. The minimum Gasteiger partial charge on any atom is -0.462 e. The van der Waals surface area contributed by atoms with Crippen molar-refractivity contribution in [3.05, 3.63) is 0 Å². The molecular formula is C39H77O8P. The van der Waals surface area contributed by atoms with Gasteiger partial charge in [0.25, 0.3) is 0 Å². The third-order valence-electron chi connectivity index (χ3n) is 9.13. The average Bonchev–Trinajstić information content (AvgIpc) is 3.05. The van der Waals surface area contributed by atoms with Gasteiger partial charge in [-0.1, -0.05) is 194 Å². The first kappa shape index (κ1) is 47.0. The molecule has 9 heteroatoms. The maximum Gasteiger partial charge on any atom is 0.469 e. The van der Waals surface area contributed by atoms with Gasteiger partial charge in [-0.15, -0.1) is 0 Å². The van der Waals surface area contributed by atoms with Gasteiger partial charge in [0.05, 0.1) is 6.61 Å². The molecule has 0 radical (unpaired) electrons. The highest BCUT2D eigenvalue weighted by Gasteiger charge is 2.22. The average molecular weight is 705 g/mol. The summed E-state index contributed by atoms with van der Waals surface area (Å²) in [5, 5.41) is 0. The first-order valence-electron chi connectivity index (χ1n) is 20.3. The van der Waals surface area contributed by atoms with E-state index >= 15 is 0 Å². The number of esters is 2. The summed E-state index contributed by atoms with van der Waals surface area (Å²) in [7, 11) is -4.74. The smallest absolute Gasteiger partial charge is 0.462 e. The maximum atomic E-state index is 12.4. The SMILES string of the molecule is CCCCCCCCCCCCCCCCCCCC(=O)OC[C@H](COP(=O)(O)O)OC(=O)CCCCCCCCCCCCCCC. The van der Waals surface area contributed by atoms with Crippen LogP contribution in [0.15, 0.2) is 0 Å². The minimum atomic E-state index is -4.74. The van der Waals surface area contributed by atoms with Crippen molar-refractivity contribution in [1.29, 1.82) is 0 Å². The van der Waals surface area contributed by atoms with E-state index in [1.54, 1.807) is 0 Å². The molecule has 1 atom stereocenters. The number of carbonyl (C=O) groups excluding carboxylic acids is 2. The van der Waals surface area contributed by atoms with E-state index in [0.717, 1.165) is 32.1 Å². The van der Waals surface area contributed by atoms with Gasteiger partial charge < -0.3 is 19.3 Å². The number of unbranched alkanes of at least 4 members (excludes halogenated alkanes) is 28. The van der Waals surface area contributed by atoms with Crippen LogP contribution in [0.4, 0.5) is 0 Å². The van der Waals surface area contributed by atoms with Gasteiger partial charge in [-0.2, -0.15) is 0 Å². The summed E-state index contributed by atoms with van der Waals surface area (Å²) in [6.07, 6.45) is 36.8. The topological polar surface area (TPSA) is 119 Å². The van der Waals surface area contributed by atoms with Crippen molar-refractivity contribution >= 4 is 19.8 Å². The second-order valence-corrected chi connectivity index (χ2v) is 15.2. The van der Waals surface area contributed by atoms with Crippen LogP contribution in [0.2, 0.25) is 0 Å². The molecule has 0 heterocycles. The molecule has 286 valence electrons. The minimum absolute atomic E-state index is 0.220. The molecule has 0 unspecified atom stereocenters. The van der Waals surface area contributed by atoms with E-state index in [1.165, 1.54) is 154 Å². The lowest BCUT2D eigenvalue weighted by atomic mass is 10.0. The summed E-state index contributed by atoms with van der Waals surface area (Å²) >= 11 is 0. The van der Waals surface area contributed by atoms with Crippen molar-refractivity contribution in [3.8, 4) is 0 Å². The highest BCUT2D eigenvalue weighted by atomic mass is 31.2. The summed E-state index contributed by atoms with van der Waals surface area (Å²) in [5.41, 5.74) is 0. The van der Waals surface area contributed by atoms with Crippen molar-refractivity contribution in [2.24, 2.45) is 0 Å². The zero-order valence-electron chi connectivity index (χ0n) is 31.4. The molecule has 0 saturated heterocycles. The fourth-order valence-corrected chi connectivity index (χ4v) is 6.44. The van der Waals surface area contributed by atoms with Gasteiger partial charge in [0.15, 0.2) is 6.10 Å². The van der Waals surface area contributed by atoms with Gasteiger partial charge in [0.2, 0.25) is 0 Å². The predicted octanol–water partition coefficient (Wildman–Crippen LogP) is 12.1. The van der Waals surface area contributed by atoms with Crippen LogP contribution < -0.4 is 0 Å². The van der Waals surface area contributed by atoms with Gasteiger partial charge >= 0.3 is 19.8 Å². The first-order valence-corrected chi connectivity index (χ1v) is 21.9. The standard InChI is InChI=1S/C39H77O8P/c1-3-5-7-9-11-13-15-17-18-19-20-22-23-25-27-29-31-33-38(40)45-35-37(36-46-48(42,43)44)47-39(41)34-32-30-28-26-24-21-16-14-12-10-8-6-4-2/h37H,3-36H2,1-2H3,(H2,42,43,44)/t37-/m1/s1. The zero-order chi connectivity index (χ0) is 35.4. The van der Waals surface area contributed by atoms with Crippen LogP contribution in [-0.4, -0.2) is 41.0 Å². The van der Waals surface area contributed by atoms with E-state index in [9.17, 15) is 14.2 Å². The van der Waals surface area contributed by atoms with Crippen molar-refractivity contribution < 1.29 is 37.9 Å². The van der Waals surface area contributed by atoms with Crippen LogP contribution in [0.25, 0.3) is 0 Å². The zero-order valence-corrected chi connectivity index (χ0v) is 32.3. The molecule has 8 nitrogen and oxygen atoms in total. The molecule has 0 saturated carbocycles. The van der Waals surface area contributed by atoms with Crippen LogP contribution >= 0.6 is 7.82 Å². The van der Waals surface area contributed by atoms with E-state index in [4.69, 9.17) is 19.3 Å². The van der Waals surface area contributed by atoms with Gasteiger partial charge in [-0.25, -0.2) is 4.57 Å². The van der Waals surface area contributed by atoms with Crippen molar-refractivity contribution in [3.63, 3.8) is 0 Å². The maximum absolute atomic E-state index is 12.4. The molecule has 0 bridgehead atoms. The lowest BCUT2D eigenvalue weighted by Gasteiger charge is -2.18. The fourth-order valence-electron chi connectivity index (χ4n) is 6.08. The predicted molar refractivity (Wildman–Crippen MR) is 198 cm³/mol. The second kappa shape index (κ2) is 35.9. The second-order valence-electron chi connectivity index (χ2n) is 14.0. The Hall–Kier alpha value is -0.950. The Bertz CT molecular complexity index is 756. The van der Waals surface area contributed by atoms with Crippen LogP contribution in [0, 0.1) is 0 Å². The molecule has 0 aromatic heterocycles. The Morgan fingerprint density at radius 3 is 1.06 bits per heavy atom. The van der Waals surface area contributed by atoms with Crippen LogP contribution in [-0.2, 0) is 28.2 Å². The first-order chi connectivity index (χ1) is 23.3. The molecular weight excluding hydrogens is 627 g/mol. The Balaban J connectivity index is 3.86. The van der Waals surface area contributed by atoms with Gasteiger partial charge in [-0.3, -0.25) is 14.1 Å². The Morgan fingerprint density at radius 2 is 0.750 bits per heavy atom. The number of hydrogen-bond acceptors (Lipinski definition) is 6. The summed E-state index contributed by atoms with van der Waals surface area (Å²) < 4.78 is 26.3. The van der Waals surface area contributed by atoms with Crippen LogP contribution in [0.5, 0.6) is 0 Å². The van der Waals surface area contributed by atoms with E-state index in [-0.39, 0.29) is 19.4 Å². The molecule has 0 amide bonds. The molecule has 2 N–H and O–H groups in total. The number of phosphoric ester groups is 1. The normalized spacial score (nSPS) is 12.3. The Labute approximate surface area is 295 Å². The Morgan fingerprint density at radius 1 is 0.458 bits per heavy atom. The summed E-state index contributed by atoms with van der Waals surface area (Å²) in [5.74, 6) is -0.869. The lowest BCUT2D eigenvalue weighted by molar-refractivity contribution is -0.161. The van der Waals surface area contributed by atoms with E-state index in [1.807, 2.05) is 0 Å². The van der Waals surface area contributed by atoms with Crippen LogP contribution in [0.3, 0.4) is 0 Å². The summed E-state index contributed by atoms with van der Waals surface area (Å²) in [6, 6.07) is 0. The molecule has 0 aliphatic rings. The monoisotopic (exact) mass is 705 g/mol. The number of carbonyl (C=O) groups is 2. The number of rotatable bonds is 38. The van der Waals surface area contributed by atoms with Crippen LogP contribution in [0.1, 0.15) is 219 Å². The molecule has 0 aliphatic carbocycles. The van der Waals surface area contributed by atoms with E-state index in [2.05, 4.69) is 18.4 Å². The van der Waals surface area contributed by atoms with Crippen molar-refractivity contribution in [1.82, 2.24) is 0 Å². The number of ether oxygens (including phenoxy) is 2. The molecule has 48 heavy (non-hydrogen) atoms. The molecule has 0 rings (SSSR count). The van der Waals surface area contributed by atoms with Crippen molar-refractivity contribution in [2.75, 3.05) is 13.2 Å². The van der Waals surface area contributed by atoms with Gasteiger partial charge in [0.1, 0.15) is 6.61 Å². The van der Waals surface area contributed by atoms with Gasteiger partial charge in [0, 0.05) is 12.8 Å². The number of phosphoric acid groups is 1. The Kier molecular flexibility index (Phi) is 35.2. The third-order valence-corrected chi connectivity index (χ3v) is 9.61. The number of hydrogen-bond donors (Lipinski definition) is 2. The largest absolute Gasteiger partial charge is 0.469 e. The quantitative estimate of drug-likeness (QED) is 0.0370. The van der Waals surface area contributed by atoms with Crippen molar-refractivity contribution in [2.45, 2.75) is 225 Å². The highest BCUT2D eigenvalue weighted by molar-refractivity contribution is 7.46.